The van der Waals surface area contributed by atoms with Crippen LogP contribution < -0.4 is 0 Å². The van der Waals surface area contributed by atoms with Gasteiger partial charge in [-0.25, -0.2) is 9.13 Å². The van der Waals surface area contributed by atoms with E-state index in [1.807, 2.05) is 0 Å². The van der Waals surface area contributed by atoms with Crippen LogP contribution in [0, 0.1) is 17.8 Å². The van der Waals surface area contributed by atoms with Gasteiger partial charge in [-0.05, 0) is 43.4 Å². The first kappa shape index (κ1) is 90.1. The Labute approximate surface area is 562 Å². The monoisotopic (exact) mass is 1350 g/mol. The van der Waals surface area contributed by atoms with Crippen molar-refractivity contribution in [1.82, 2.24) is 0 Å². The molecule has 0 spiro atoms. The molecule has 0 saturated carbocycles. The zero-order chi connectivity index (χ0) is 68.0. The molecule has 92 heavy (non-hydrogen) atoms. The number of aliphatic hydroxyl groups excluding tert-OH is 1. The van der Waals surface area contributed by atoms with Crippen molar-refractivity contribution < 1.29 is 80.2 Å². The lowest BCUT2D eigenvalue weighted by Gasteiger charge is -2.21. The smallest absolute Gasteiger partial charge is 0.462 e. The Morgan fingerprint density at radius 1 is 0.315 bits per heavy atom. The first-order valence-corrected chi connectivity index (χ1v) is 40.9. The number of aliphatic hydroxyl groups is 1. The largest absolute Gasteiger partial charge is 0.472 e. The topological polar surface area (TPSA) is 237 Å². The maximum Gasteiger partial charge on any atom is 0.472 e. The Hall–Kier alpha value is -1.94. The molecule has 3 N–H and O–H groups in total. The maximum atomic E-state index is 13.1. The Morgan fingerprint density at radius 3 is 0.826 bits per heavy atom. The van der Waals surface area contributed by atoms with E-state index < -0.39 is 97.5 Å². The van der Waals surface area contributed by atoms with Crippen molar-refractivity contribution in [2.45, 2.75) is 388 Å². The van der Waals surface area contributed by atoms with Crippen LogP contribution >= 0.6 is 15.6 Å². The van der Waals surface area contributed by atoms with Gasteiger partial charge in [0.05, 0.1) is 26.4 Å². The standard InChI is InChI=1S/C73H142O17P2/c1-8-10-11-12-13-14-26-33-40-47-54-70(75)83-60-69(90-73(78)57-50-43-36-29-22-24-31-38-45-52-65(5)6)63-88-92(81,82)86-59-67(74)58-85-91(79,80)87-62-68(61-84-71(76)55-48-41-34-28-21-23-30-37-44-51-64(3)4)89-72(77)56-49-42-35-27-20-18-16-15-17-19-25-32-39-46-53-66(7)9-2/h64-69,74H,8-63H2,1-7H3,(H,79,80)(H,81,82)/t66?,67-,68-,69-/m1/s1. The van der Waals surface area contributed by atoms with E-state index in [9.17, 15) is 43.2 Å². The SMILES string of the molecule is CCCCCCCCCCCCC(=O)OC[C@H](COP(=O)(O)OC[C@H](O)COP(=O)(O)OC[C@@H](COC(=O)CCCCCCCCCCCC(C)C)OC(=O)CCCCCCCCCCCCCCCCC(C)CC)OC(=O)CCCCCCCCCCCC(C)C. The molecule has 0 bridgehead atoms. The normalized spacial score (nSPS) is 14.4. The molecule has 0 aliphatic rings. The van der Waals surface area contributed by atoms with E-state index >= 15 is 0 Å². The Morgan fingerprint density at radius 2 is 0.554 bits per heavy atom. The quantitative estimate of drug-likeness (QED) is 0.0222. The summed E-state index contributed by atoms with van der Waals surface area (Å²) in [6.07, 6.45) is 48.5. The number of hydrogen-bond acceptors (Lipinski definition) is 15. The number of carbonyl (C=O) groups excluding carboxylic acids is 4. The van der Waals surface area contributed by atoms with Crippen LogP contribution in [-0.2, 0) is 65.4 Å². The van der Waals surface area contributed by atoms with Crippen molar-refractivity contribution >= 4 is 39.5 Å². The van der Waals surface area contributed by atoms with Gasteiger partial charge in [-0.1, -0.05) is 318 Å². The van der Waals surface area contributed by atoms with E-state index in [1.54, 1.807) is 0 Å². The van der Waals surface area contributed by atoms with Gasteiger partial charge in [0, 0.05) is 25.7 Å². The summed E-state index contributed by atoms with van der Waals surface area (Å²) in [7, 11) is -9.91. The molecular weight excluding hydrogens is 1210 g/mol. The van der Waals surface area contributed by atoms with E-state index in [1.165, 1.54) is 180 Å². The molecule has 0 aromatic rings. The summed E-state index contributed by atoms with van der Waals surface area (Å²) in [5.41, 5.74) is 0. The Bertz CT molecular complexity index is 1800. The number of ether oxygens (including phenoxy) is 4. The van der Waals surface area contributed by atoms with Crippen molar-refractivity contribution in [2.24, 2.45) is 17.8 Å². The summed E-state index contributed by atoms with van der Waals surface area (Å²) in [4.78, 5) is 72.6. The number of rotatable bonds is 71. The van der Waals surface area contributed by atoms with Gasteiger partial charge >= 0.3 is 39.5 Å². The molecule has 0 radical (unpaired) electrons. The van der Waals surface area contributed by atoms with Gasteiger partial charge in [-0.15, -0.1) is 0 Å². The van der Waals surface area contributed by atoms with E-state index in [-0.39, 0.29) is 25.7 Å². The molecular formula is C73H142O17P2. The number of unbranched alkanes of at least 4 members (excludes halogenated alkanes) is 38. The van der Waals surface area contributed by atoms with Gasteiger partial charge in [0.25, 0.3) is 0 Å². The molecule has 19 heteroatoms. The first-order valence-electron chi connectivity index (χ1n) is 37.9. The minimum Gasteiger partial charge on any atom is -0.462 e. The van der Waals surface area contributed by atoms with Crippen LogP contribution in [0.25, 0.3) is 0 Å². The third-order valence-electron chi connectivity index (χ3n) is 17.2. The van der Waals surface area contributed by atoms with Crippen LogP contribution in [0.3, 0.4) is 0 Å². The van der Waals surface area contributed by atoms with Crippen LogP contribution in [0.1, 0.15) is 370 Å². The second-order valence-corrected chi connectivity index (χ2v) is 30.4. The molecule has 0 fully saturated rings. The average Bonchev–Trinajstić information content (AvgIpc) is 3.38. The molecule has 6 atom stereocenters. The Balaban J connectivity index is 5.24. The summed E-state index contributed by atoms with van der Waals surface area (Å²) in [5.74, 6) is 0.204. The number of carbonyl (C=O) groups is 4. The predicted octanol–water partition coefficient (Wildman–Crippen LogP) is 21.0. The van der Waals surface area contributed by atoms with Gasteiger partial charge in [0.15, 0.2) is 12.2 Å². The average molecular weight is 1350 g/mol. The minimum absolute atomic E-state index is 0.105. The molecule has 0 saturated heterocycles. The number of hydrogen-bond donors (Lipinski definition) is 3. The highest BCUT2D eigenvalue weighted by Crippen LogP contribution is 2.45. The molecule has 0 heterocycles. The molecule has 3 unspecified atom stereocenters. The van der Waals surface area contributed by atoms with Crippen LogP contribution in [0.4, 0.5) is 0 Å². The fourth-order valence-corrected chi connectivity index (χ4v) is 12.6. The highest BCUT2D eigenvalue weighted by Gasteiger charge is 2.30. The lowest BCUT2D eigenvalue weighted by Crippen LogP contribution is -2.30. The third kappa shape index (κ3) is 65.4. The predicted molar refractivity (Wildman–Crippen MR) is 372 cm³/mol. The van der Waals surface area contributed by atoms with Gasteiger partial charge in [0.1, 0.15) is 19.3 Å². The van der Waals surface area contributed by atoms with E-state index in [0.29, 0.717) is 25.7 Å². The summed E-state index contributed by atoms with van der Waals surface area (Å²) >= 11 is 0. The van der Waals surface area contributed by atoms with Crippen LogP contribution in [0.2, 0.25) is 0 Å². The van der Waals surface area contributed by atoms with E-state index in [4.69, 9.17) is 37.0 Å². The van der Waals surface area contributed by atoms with Crippen molar-refractivity contribution in [2.75, 3.05) is 39.6 Å². The molecule has 17 nitrogen and oxygen atoms in total. The fourth-order valence-electron chi connectivity index (χ4n) is 11.0. The summed E-state index contributed by atoms with van der Waals surface area (Å²) in [5, 5.41) is 10.6. The number of phosphoric ester groups is 2. The number of esters is 4. The van der Waals surface area contributed by atoms with Crippen molar-refractivity contribution in [3.63, 3.8) is 0 Å². The van der Waals surface area contributed by atoms with Crippen LogP contribution in [0.5, 0.6) is 0 Å². The molecule has 0 rings (SSSR count). The van der Waals surface area contributed by atoms with Crippen molar-refractivity contribution in [3.05, 3.63) is 0 Å². The van der Waals surface area contributed by atoms with Gasteiger partial charge in [0.2, 0.25) is 0 Å². The summed E-state index contributed by atoms with van der Waals surface area (Å²) in [6.45, 7) is 11.9. The highest BCUT2D eigenvalue weighted by atomic mass is 31.2. The molecule has 0 aromatic heterocycles. The van der Waals surface area contributed by atoms with E-state index in [0.717, 1.165) is 108 Å². The summed E-state index contributed by atoms with van der Waals surface area (Å²) < 4.78 is 68.4. The third-order valence-corrected chi connectivity index (χ3v) is 19.1. The highest BCUT2D eigenvalue weighted by molar-refractivity contribution is 7.47. The molecule has 0 amide bonds. The molecule has 546 valence electrons. The van der Waals surface area contributed by atoms with Crippen molar-refractivity contribution in [3.8, 4) is 0 Å². The van der Waals surface area contributed by atoms with Gasteiger partial charge in [-0.2, -0.15) is 0 Å². The van der Waals surface area contributed by atoms with Crippen LogP contribution in [0.15, 0.2) is 0 Å². The van der Waals surface area contributed by atoms with Gasteiger partial charge in [-0.3, -0.25) is 37.3 Å². The minimum atomic E-state index is -4.95. The second-order valence-electron chi connectivity index (χ2n) is 27.5. The Kier molecular flexibility index (Phi) is 62.4. The lowest BCUT2D eigenvalue weighted by molar-refractivity contribution is -0.161. The van der Waals surface area contributed by atoms with Gasteiger partial charge < -0.3 is 33.8 Å². The summed E-state index contributed by atoms with van der Waals surface area (Å²) in [6, 6.07) is 0. The molecule has 0 aliphatic carbocycles. The fraction of sp³-hybridized carbons (Fsp3) is 0.945. The zero-order valence-electron chi connectivity index (χ0n) is 60.0. The zero-order valence-corrected chi connectivity index (χ0v) is 61.8. The maximum absolute atomic E-state index is 13.1. The first-order chi connectivity index (χ1) is 44.3. The molecule has 0 aliphatic heterocycles. The second kappa shape index (κ2) is 63.8. The molecule has 0 aromatic carbocycles. The van der Waals surface area contributed by atoms with E-state index in [2.05, 4.69) is 48.5 Å². The number of phosphoric acid groups is 2. The van der Waals surface area contributed by atoms with Crippen LogP contribution in [-0.4, -0.2) is 96.7 Å². The lowest BCUT2D eigenvalue weighted by atomic mass is 9.99. The van der Waals surface area contributed by atoms with Crippen molar-refractivity contribution in [1.29, 1.82) is 0 Å².